The third-order valence-corrected chi connectivity index (χ3v) is 5.70. The maximum Gasteiger partial charge on any atom is 0.233 e. The Labute approximate surface area is 135 Å². The Morgan fingerprint density at radius 1 is 1.29 bits per heavy atom. The molecule has 1 saturated carbocycles. The van der Waals surface area contributed by atoms with Crippen molar-refractivity contribution in [1.29, 1.82) is 0 Å². The summed E-state index contributed by atoms with van der Waals surface area (Å²) in [6.07, 6.45) is 5.32. The first-order valence-electron chi connectivity index (χ1n) is 7.91. The number of benzene rings is 1. The van der Waals surface area contributed by atoms with Crippen molar-refractivity contribution in [3.05, 3.63) is 34.3 Å². The van der Waals surface area contributed by atoms with Crippen LogP contribution in [-0.4, -0.2) is 30.4 Å². The number of rotatable bonds is 3. The smallest absolute Gasteiger partial charge is 0.233 e. The maximum atomic E-state index is 13.2. The Kier molecular flexibility index (Phi) is 4.36. The van der Waals surface area contributed by atoms with Gasteiger partial charge in [0.2, 0.25) is 5.91 Å². The van der Waals surface area contributed by atoms with E-state index in [2.05, 4.69) is 45.1 Å². The van der Waals surface area contributed by atoms with Crippen molar-refractivity contribution in [3.8, 4) is 0 Å². The topological polar surface area (TPSA) is 46.3 Å². The summed E-state index contributed by atoms with van der Waals surface area (Å²) in [6, 6.07) is 8.33. The summed E-state index contributed by atoms with van der Waals surface area (Å²) in [6.45, 7) is 2.40. The summed E-state index contributed by atoms with van der Waals surface area (Å²) >= 11 is 3.48. The zero-order valence-electron chi connectivity index (χ0n) is 12.4. The number of halogens is 1. The average Bonchev–Trinajstić information content (AvgIpc) is 3.17. The van der Waals surface area contributed by atoms with Crippen molar-refractivity contribution in [2.45, 2.75) is 37.5 Å². The second-order valence-corrected chi connectivity index (χ2v) is 7.35. The molecule has 1 aliphatic carbocycles. The highest BCUT2D eigenvalue weighted by Gasteiger charge is 2.46. The molecule has 0 radical (unpaired) electrons. The van der Waals surface area contributed by atoms with E-state index in [4.69, 9.17) is 5.73 Å². The third-order valence-electron chi connectivity index (χ3n) is 5.17. The second-order valence-electron chi connectivity index (χ2n) is 6.44. The molecule has 2 N–H and O–H groups in total. The first-order valence-corrected chi connectivity index (χ1v) is 8.70. The molecule has 0 aromatic heterocycles. The number of carbonyl (C=O) groups is 1. The largest absolute Gasteiger partial charge is 0.342 e. The molecule has 3 nitrogen and oxygen atoms in total. The lowest BCUT2D eigenvalue weighted by molar-refractivity contribution is -0.136. The third kappa shape index (κ3) is 2.76. The molecular weight excluding hydrogens is 328 g/mol. The van der Waals surface area contributed by atoms with Gasteiger partial charge in [0.1, 0.15) is 0 Å². The van der Waals surface area contributed by atoms with E-state index in [0.29, 0.717) is 18.4 Å². The summed E-state index contributed by atoms with van der Waals surface area (Å²) < 4.78 is 1.07. The molecule has 0 bridgehead atoms. The van der Waals surface area contributed by atoms with Crippen molar-refractivity contribution < 1.29 is 4.79 Å². The summed E-state index contributed by atoms with van der Waals surface area (Å²) in [4.78, 5) is 15.3. The lowest BCUT2D eigenvalue weighted by Crippen LogP contribution is -2.44. The van der Waals surface area contributed by atoms with Crippen molar-refractivity contribution in [3.63, 3.8) is 0 Å². The van der Waals surface area contributed by atoms with Gasteiger partial charge >= 0.3 is 0 Å². The molecule has 1 atom stereocenters. The van der Waals surface area contributed by atoms with Crippen molar-refractivity contribution >= 4 is 21.8 Å². The Morgan fingerprint density at radius 2 is 1.95 bits per heavy atom. The minimum Gasteiger partial charge on any atom is -0.342 e. The number of amides is 1. The predicted molar refractivity (Wildman–Crippen MR) is 88.0 cm³/mol. The van der Waals surface area contributed by atoms with Crippen LogP contribution in [0.15, 0.2) is 28.7 Å². The number of hydrogen-bond donors (Lipinski definition) is 1. The van der Waals surface area contributed by atoms with Crippen LogP contribution >= 0.6 is 15.9 Å². The molecule has 1 amide bonds. The number of carbonyl (C=O) groups excluding carboxylic acids is 1. The molecule has 1 aromatic carbocycles. The van der Waals surface area contributed by atoms with E-state index >= 15 is 0 Å². The Morgan fingerprint density at radius 3 is 2.52 bits per heavy atom. The summed E-state index contributed by atoms with van der Waals surface area (Å²) in [7, 11) is 0. The fourth-order valence-corrected chi connectivity index (χ4v) is 4.15. The van der Waals surface area contributed by atoms with E-state index in [1.165, 1.54) is 5.56 Å². The van der Waals surface area contributed by atoms with Gasteiger partial charge in [-0.05, 0) is 49.4 Å². The van der Waals surface area contributed by atoms with E-state index in [9.17, 15) is 4.79 Å². The highest BCUT2D eigenvalue weighted by Crippen LogP contribution is 2.43. The molecule has 1 aliphatic heterocycles. The first kappa shape index (κ1) is 15.0. The van der Waals surface area contributed by atoms with Gasteiger partial charge in [0.05, 0.1) is 5.41 Å². The summed E-state index contributed by atoms with van der Waals surface area (Å²) in [5, 5.41) is 0. The molecule has 1 saturated heterocycles. The fraction of sp³-hybridized carbons (Fsp3) is 0.588. The van der Waals surface area contributed by atoms with Gasteiger partial charge in [-0.25, -0.2) is 0 Å². The summed E-state index contributed by atoms with van der Waals surface area (Å²) in [5.41, 5.74) is 6.66. The van der Waals surface area contributed by atoms with Gasteiger partial charge in [-0.15, -0.1) is 0 Å². The molecular formula is C17H23BrN2O. The van der Waals surface area contributed by atoms with Crippen molar-refractivity contribution in [2.24, 2.45) is 11.7 Å². The van der Waals surface area contributed by atoms with Gasteiger partial charge in [0.25, 0.3) is 0 Å². The van der Waals surface area contributed by atoms with E-state index in [0.717, 1.165) is 49.7 Å². The van der Waals surface area contributed by atoms with Crippen LogP contribution in [0.3, 0.4) is 0 Å². The zero-order valence-corrected chi connectivity index (χ0v) is 13.9. The summed E-state index contributed by atoms with van der Waals surface area (Å²) in [5.74, 6) is 0.815. The highest BCUT2D eigenvalue weighted by molar-refractivity contribution is 9.10. The van der Waals surface area contributed by atoms with Gasteiger partial charge in [0, 0.05) is 17.6 Å². The number of likely N-dealkylation sites (tertiary alicyclic amines) is 1. The molecule has 1 unspecified atom stereocenters. The van der Waals surface area contributed by atoms with E-state index < -0.39 is 0 Å². The van der Waals surface area contributed by atoms with Gasteiger partial charge in [-0.1, -0.05) is 40.9 Å². The Balaban J connectivity index is 1.87. The average molecular weight is 351 g/mol. The SMILES string of the molecule is NCC1CCN(C(=O)C2(c3ccc(Br)cc3)CCCC2)C1. The van der Waals surface area contributed by atoms with E-state index in [1.807, 2.05) is 0 Å². The minimum absolute atomic E-state index is 0.288. The lowest BCUT2D eigenvalue weighted by atomic mass is 9.77. The minimum atomic E-state index is -0.288. The molecule has 114 valence electrons. The molecule has 0 spiro atoms. The molecule has 2 aliphatic rings. The number of nitrogens with zero attached hydrogens (tertiary/aromatic N) is 1. The molecule has 1 aromatic rings. The Hall–Kier alpha value is -0.870. The molecule has 2 fully saturated rings. The lowest BCUT2D eigenvalue weighted by Gasteiger charge is -2.33. The van der Waals surface area contributed by atoms with Crippen molar-refractivity contribution in [1.82, 2.24) is 4.90 Å². The molecule has 3 rings (SSSR count). The molecule has 21 heavy (non-hydrogen) atoms. The molecule has 1 heterocycles. The van der Waals surface area contributed by atoms with Crippen LogP contribution in [0.4, 0.5) is 0 Å². The van der Waals surface area contributed by atoms with Gasteiger partial charge in [-0.3, -0.25) is 4.79 Å². The van der Waals surface area contributed by atoms with E-state index in [1.54, 1.807) is 0 Å². The van der Waals surface area contributed by atoms with Crippen LogP contribution in [0, 0.1) is 5.92 Å². The highest BCUT2D eigenvalue weighted by atomic mass is 79.9. The Bertz CT molecular complexity index is 508. The normalized spacial score (nSPS) is 24.5. The van der Waals surface area contributed by atoms with Gasteiger partial charge in [-0.2, -0.15) is 0 Å². The van der Waals surface area contributed by atoms with Crippen LogP contribution in [-0.2, 0) is 10.2 Å². The van der Waals surface area contributed by atoms with Crippen LogP contribution < -0.4 is 5.73 Å². The number of nitrogens with two attached hydrogens (primary N) is 1. The van der Waals surface area contributed by atoms with Gasteiger partial charge in [0.15, 0.2) is 0 Å². The van der Waals surface area contributed by atoms with Crippen LogP contribution in [0.5, 0.6) is 0 Å². The zero-order chi connectivity index (χ0) is 14.9. The maximum absolute atomic E-state index is 13.2. The number of hydrogen-bond acceptors (Lipinski definition) is 2. The predicted octanol–water partition coefficient (Wildman–Crippen LogP) is 3.07. The van der Waals surface area contributed by atoms with Crippen molar-refractivity contribution in [2.75, 3.05) is 19.6 Å². The van der Waals surface area contributed by atoms with Crippen LogP contribution in [0.1, 0.15) is 37.7 Å². The van der Waals surface area contributed by atoms with Crippen LogP contribution in [0.25, 0.3) is 0 Å². The standard InChI is InChI=1S/C17H23BrN2O/c18-15-5-3-14(4-6-15)17(8-1-2-9-17)16(21)20-10-7-13(11-19)12-20/h3-6,13H,1-2,7-12,19H2. The quantitative estimate of drug-likeness (QED) is 0.910. The first-order chi connectivity index (χ1) is 10.2. The van der Waals surface area contributed by atoms with Gasteiger partial charge < -0.3 is 10.6 Å². The molecule has 4 heteroatoms. The fourth-order valence-electron chi connectivity index (χ4n) is 3.89. The van der Waals surface area contributed by atoms with E-state index in [-0.39, 0.29) is 5.41 Å². The second kappa shape index (κ2) is 6.09. The van der Waals surface area contributed by atoms with Crippen LogP contribution in [0.2, 0.25) is 0 Å². The monoisotopic (exact) mass is 350 g/mol.